The third kappa shape index (κ3) is 3.98. The lowest BCUT2D eigenvalue weighted by atomic mass is 9.96. The smallest absolute Gasteiger partial charge is 0.257 e. The maximum Gasteiger partial charge on any atom is 0.257 e. The molecule has 0 saturated carbocycles. The van der Waals surface area contributed by atoms with Crippen molar-refractivity contribution in [2.75, 3.05) is 38.3 Å². The second-order valence-corrected chi connectivity index (χ2v) is 7.19. The molecule has 2 fully saturated rings. The lowest BCUT2D eigenvalue weighted by Crippen LogP contribution is -2.42. The van der Waals surface area contributed by atoms with E-state index in [-0.39, 0.29) is 17.9 Å². The third-order valence-electron chi connectivity index (χ3n) is 5.41. The number of carbonyl (C=O) groups excluding carboxylic acids is 1. The van der Waals surface area contributed by atoms with Crippen LogP contribution in [0.25, 0.3) is 11.0 Å². The van der Waals surface area contributed by atoms with Gasteiger partial charge in [-0.15, -0.1) is 0 Å². The Kier molecular flexibility index (Phi) is 5.38. The monoisotopic (exact) mass is 370 g/mol. The number of piperidine rings is 1. The Bertz CT molecular complexity index is 799. The van der Waals surface area contributed by atoms with Gasteiger partial charge >= 0.3 is 0 Å². The van der Waals surface area contributed by atoms with Gasteiger partial charge in [0.05, 0.1) is 24.2 Å². The van der Waals surface area contributed by atoms with Gasteiger partial charge in [-0.1, -0.05) is 12.1 Å². The highest BCUT2D eigenvalue weighted by Gasteiger charge is 2.28. The second kappa shape index (κ2) is 8.08. The van der Waals surface area contributed by atoms with Gasteiger partial charge in [0.25, 0.3) is 5.88 Å². The Morgan fingerprint density at radius 2 is 1.96 bits per heavy atom. The standard InChI is InChI=1S/C20H26N4O3/c1-26-20-18(22-16-6-2-3-7-17(16)23-20)24-10-8-14(9-11-24)19(25)21-13-15-5-4-12-27-15/h2-3,6-7,14-15H,4-5,8-13H2,1H3,(H,21,25). The molecule has 0 bridgehead atoms. The van der Waals surface area contributed by atoms with E-state index >= 15 is 0 Å². The molecule has 144 valence electrons. The Hall–Kier alpha value is -2.41. The maximum absolute atomic E-state index is 12.5. The lowest BCUT2D eigenvalue weighted by Gasteiger charge is -2.32. The van der Waals surface area contributed by atoms with E-state index in [2.05, 4.69) is 15.2 Å². The number of amides is 1. The molecule has 1 aromatic carbocycles. The number of carbonyl (C=O) groups is 1. The molecule has 2 aliphatic rings. The molecule has 1 amide bonds. The third-order valence-corrected chi connectivity index (χ3v) is 5.41. The van der Waals surface area contributed by atoms with Crippen molar-refractivity contribution in [3.63, 3.8) is 0 Å². The molecule has 2 aliphatic heterocycles. The average molecular weight is 370 g/mol. The highest BCUT2D eigenvalue weighted by atomic mass is 16.5. The van der Waals surface area contributed by atoms with Crippen LogP contribution in [0.2, 0.25) is 0 Å². The van der Waals surface area contributed by atoms with E-state index in [1.807, 2.05) is 24.3 Å². The quantitative estimate of drug-likeness (QED) is 0.869. The molecule has 2 aromatic rings. The van der Waals surface area contributed by atoms with Crippen LogP contribution in [0.4, 0.5) is 5.82 Å². The number of ether oxygens (including phenoxy) is 2. The number of para-hydroxylation sites is 2. The van der Waals surface area contributed by atoms with Crippen LogP contribution in [0.5, 0.6) is 5.88 Å². The Balaban J connectivity index is 1.38. The van der Waals surface area contributed by atoms with Crippen molar-refractivity contribution in [2.45, 2.75) is 31.8 Å². The number of fused-ring (bicyclic) bond motifs is 1. The summed E-state index contributed by atoms with van der Waals surface area (Å²) in [4.78, 5) is 24.0. The largest absolute Gasteiger partial charge is 0.478 e. The van der Waals surface area contributed by atoms with E-state index in [0.717, 1.165) is 62.2 Å². The molecule has 7 heteroatoms. The van der Waals surface area contributed by atoms with Crippen LogP contribution in [0.15, 0.2) is 24.3 Å². The first-order chi connectivity index (χ1) is 13.2. The Morgan fingerprint density at radius 3 is 2.63 bits per heavy atom. The van der Waals surface area contributed by atoms with E-state index in [1.165, 1.54) is 0 Å². The summed E-state index contributed by atoms with van der Waals surface area (Å²) >= 11 is 0. The number of methoxy groups -OCH3 is 1. The number of aromatic nitrogens is 2. The predicted molar refractivity (Wildman–Crippen MR) is 103 cm³/mol. The minimum absolute atomic E-state index is 0.0436. The van der Waals surface area contributed by atoms with Crippen molar-refractivity contribution in [3.8, 4) is 5.88 Å². The zero-order chi connectivity index (χ0) is 18.6. The molecule has 1 atom stereocenters. The summed E-state index contributed by atoms with van der Waals surface area (Å²) in [6.07, 6.45) is 3.92. The first kappa shape index (κ1) is 18.0. The highest BCUT2D eigenvalue weighted by molar-refractivity contribution is 5.79. The molecular formula is C20H26N4O3. The molecule has 27 heavy (non-hydrogen) atoms. The molecule has 0 aliphatic carbocycles. The molecular weight excluding hydrogens is 344 g/mol. The summed E-state index contributed by atoms with van der Waals surface area (Å²) < 4.78 is 11.0. The van der Waals surface area contributed by atoms with Gasteiger partial charge in [-0.2, -0.15) is 0 Å². The van der Waals surface area contributed by atoms with E-state index in [1.54, 1.807) is 7.11 Å². The number of anilines is 1. The SMILES string of the molecule is COc1nc2ccccc2nc1N1CCC(C(=O)NCC2CCCO2)CC1. The summed E-state index contributed by atoms with van der Waals surface area (Å²) in [5.41, 5.74) is 1.67. The van der Waals surface area contributed by atoms with Crippen molar-refractivity contribution in [2.24, 2.45) is 5.92 Å². The maximum atomic E-state index is 12.5. The molecule has 4 rings (SSSR count). The summed E-state index contributed by atoms with van der Waals surface area (Å²) in [7, 11) is 1.62. The molecule has 1 N–H and O–H groups in total. The van der Waals surface area contributed by atoms with Crippen molar-refractivity contribution in [1.29, 1.82) is 0 Å². The fraction of sp³-hybridized carbons (Fsp3) is 0.550. The van der Waals surface area contributed by atoms with Crippen molar-refractivity contribution < 1.29 is 14.3 Å². The molecule has 0 spiro atoms. The van der Waals surface area contributed by atoms with Gasteiger partial charge in [0.15, 0.2) is 5.82 Å². The van der Waals surface area contributed by atoms with Crippen LogP contribution in [0.1, 0.15) is 25.7 Å². The van der Waals surface area contributed by atoms with E-state index < -0.39 is 0 Å². The van der Waals surface area contributed by atoms with Crippen molar-refractivity contribution in [1.82, 2.24) is 15.3 Å². The minimum atomic E-state index is 0.0436. The van der Waals surface area contributed by atoms with Crippen molar-refractivity contribution >= 4 is 22.8 Å². The van der Waals surface area contributed by atoms with Gasteiger partial charge in [0, 0.05) is 32.2 Å². The fourth-order valence-corrected chi connectivity index (χ4v) is 3.84. The summed E-state index contributed by atoms with van der Waals surface area (Å²) in [5.74, 6) is 1.48. The first-order valence-corrected chi connectivity index (χ1v) is 9.69. The molecule has 2 saturated heterocycles. The second-order valence-electron chi connectivity index (χ2n) is 7.19. The van der Waals surface area contributed by atoms with Crippen LogP contribution in [-0.2, 0) is 9.53 Å². The van der Waals surface area contributed by atoms with Crippen LogP contribution >= 0.6 is 0 Å². The van der Waals surface area contributed by atoms with Crippen LogP contribution in [0.3, 0.4) is 0 Å². The Labute approximate surface area is 159 Å². The molecule has 3 heterocycles. The van der Waals surface area contributed by atoms with Crippen LogP contribution in [0, 0.1) is 5.92 Å². The van der Waals surface area contributed by atoms with Gasteiger partial charge in [0.2, 0.25) is 5.91 Å². The molecule has 0 radical (unpaired) electrons. The number of hydrogen-bond donors (Lipinski definition) is 1. The first-order valence-electron chi connectivity index (χ1n) is 9.69. The summed E-state index contributed by atoms with van der Waals surface area (Å²) in [6, 6.07) is 7.78. The molecule has 7 nitrogen and oxygen atoms in total. The number of hydrogen-bond acceptors (Lipinski definition) is 6. The number of nitrogens with one attached hydrogen (secondary N) is 1. The van der Waals surface area contributed by atoms with Crippen molar-refractivity contribution in [3.05, 3.63) is 24.3 Å². The van der Waals surface area contributed by atoms with Gasteiger partial charge in [-0.25, -0.2) is 9.97 Å². The minimum Gasteiger partial charge on any atom is -0.478 e. The summed E-state index contributed by atoms with van der Waals surface area (Å²) in [6.45, 7) is 2.97. The highest BCUT2D eigenvalue weighted by Crippen LogP contribution is 2.30. The van der Waals surface area contributed by atoms with E-state index in [9.17, 15) is 4.79 Å². The zero-order valence-corrected chi connectivity index (χ0v) is 15.7. The topological polar surface area (TPSA) is 76.6 Å². The van der Waals surface area contributed by atoms with E-state index in [0.29, 0.717) is 12.4 Å². The predicted octanol–water partition coefficient (Wildman–Crippen LogP) is 2.15. The number of rotatable bonds is 5. The normalized spacial score (nSPS) is 20.8. The molecule has 1 unspecified atom stereocenters. The van der Waals surface area contributed by atoms with Crippen LogP contribution < -0.4 is 15.0 Å². The average Bonchev–Trinajstić information content (AvgIpc) is 3.25. The van der Waals surface area contributed by atoms with Crippen LogP contribution in [-0.4, -0.2) is 55.3 Å². The number of benzene rings is 1. The fourth-order valence-electron chi connectivity index (χ4n) is 3.84. The lowest BCUT2D eigenvalue weighted by molar-refractivity contribution is -0.126. The molecule has 1 aromatic heterocycles. The zero-order valence-electron chi connectivity index (χ0n) is 15.7. The van der Waals surface area contributed by atoms with Gasteiger partial charge in [0.1, 0.15) is 0 Å². The Morgan fingerprint density at radius 1 is 1.22 bits per heavy atom. The van der Waals surface area contributed by atoms with E-state index in [4.69, 9.17) is 14.5 Å². The van der Waals surface area contributed by atoms with Gasteiger partial charge < -0.3 is 19.7 Å². The summed E-state index contributed by atoms with van der Waals surface area (Å²) in [5, 5.41) is 3.06. The number of nitrogens with zero attached hydrogens (tertiary/aromatic N) is 3. The van der Waals surface area contributed by atoms with Gasteiger partial charge in [-0.05, 0) is 37.8 Å². The van der Waals surface area contributed by atoms with Gasteiger partial charge in [-0.3, -0.25) is 4.79 Å².